The molecule has 0 aromatic heterocycles. The van der Waals surface area contributed by atoms with Gasteiger partial charge in [-0.3, -0.25) is 9.69 Å². The highest BCUT2D eigenvalue weighted by atomic mass is 16.3. The van der Waals surface area contributed by atoms with E-state index in [1.54, 1.807) is 4.90 Å². The topological polar surface area (TPSA) is 40.5 Å². The quantitative estimate of drug-likeness (QED) is 0.183. The van der Waals surface area contributed by atoms with Crippen LogP contribution in [0.15, 0.2) is 140 Å². The summed E-state index contributed by atoms with van der Waals surface area (Å²) in [5.41, 5.74) is 12.5. The maximum Gasteiger partial charge on any atom is 0.261 e. The summed E-state index contributed by atoms with van der Waals surface area (Å²) >= 11 is 0. The fourth-order valence-corrected chi connectivity index (χ4v) is 9.29. The van der Waals surface area contributed by atoms with Gasteiger partial charge < -0.3 is 5.11 Å². The molecule has 7 aromatic rings. The van der Waals surface area contributed by atoms with Gasteiger partial charge in [0.05, 0.1) is 0 Å². The fraction of sp³-hybridized carbons (Fsp3) is 0.220. The molecule has 7 aromatic carbocycles. The summed E-state index contributed by atoms with van der Waals surface area (Å²) in [4.78, 5) is 15.8. The van der Waals surface area contributed by atoms with E-state index in [1.807, 2.05) is 30.3 Å². The first-order valence-electron chi connectivity index (χ1n) is 18.9. The number of hydrogen-bond acceptors (Lipinski definition) is 2. The van der Waals surface area contributed by atoms with Crippen LogP contribution in [0.1, 0.15) is 102 Å². The molecule has 1 atom stereocenters. The smallest absolute Gasteiger partial charge is 0.261 e. The molecule has 0 fully saturated rings. The van der Waals surface area contributed by atoms with Crippen LogP contribution in [0.3, 0.4) is 0 Å². The molecule has 1 unspecified atom stereocenters. The SMILES string of the molecule is CC(C)(C)c1ccc(N2C(=O)c3cccc4c(-c5ccc(CCC6c7ccccc7C(C)(C)c7ccccc76)cc5)c5ccccc5c(c34)C2O)cc1. The van der Waals surface area contributed by atoms with Crippen LogP contribution in [0.4, 0.5) is 5.69 Å². The zero-order chi connectivity index (χ0) is 36.6. The molecule has 1 N–H and O–H groups in total. The molecule has 0 spiro atoms. The van der Waals surface area contributed by atoms with E-state index < -0.39 is 6.23 Å². The predicted molar refractivity (Wildman–Crippen MR) is 219 cm³/mol. The number of carbonyl (C=O) groups is 1. The van der Waals surface area contributed by atoms with Crippen molar-refractivity contribution in [3.63, 3.8) is 0 Å². The highest BCUT2D eigenvalue weighted by Gasteiger charge is 2.38. The highest BCUT2D eigenvalue weighted by molar-refractivity contribution is 6.25. The Bertz CT molecular complexity index is 2500. The Morgan fingerprint density at radius 3 is 1.89 bits per heavy atom. The molecular formula is C50H45NO2. The fourth-order valence-electron chi connectivity index (χ4n) is 9.29. The molecule has 0 saturated heterocycles. The van der Waals surface area contributed by atoms with Crippen molar-refractivity contribution in [2.45, 2.75) is 70.4 Å². The molecule has 2 aliphatic rings. The first-order chi connectivity index (χ1) is 25.5. The number of aryl methyl sites for hydroxylation is 1. The molecule has 0 bridgehead atoms. The summed E-state index contributed by atoms with van der Waals surface area (Å²) in [5.74, 6) is 0.157. The zero-order valence-electron chi connectivity index (χ0n) is 31.2. The van der Waals surface area contributed by atoms with Crippen LogP contribution in [-0.2, 0) is 17.3 Å². The third-order valence-corrected chi connectivity index (χ3v) is 12.0. The number of hydrogen-bond donors (Lipinski definition) is 1. The van der Waals surface area contributed by atoms with Crippen LogP contribution in [0.2, 0.25) is 0 Å². The Balaban J connectivity index is 1.09. The minimum atomic E-state index is -1.12. The van der Waals surface area contributed by atoms with E-state index >= 15 is 0 Å². The average Bonchev–Trinajstić information content (AvgIpc) is 3.16. The van der Waals surface area contributed by atoms with Crippen LogP contribution in [-0.4, -0.2) is 11.0 Å². The molecule has 3 nitrogen and oxygen atoms in total. The van der Waals surface area contributed by atoms with Crippen molar-refractivity contribution in [3.8, 4) is 11.1 Å². The van der Waals surface area contributed by atoms with Gasteiger partial charge >= 0.3 is 0 Å². The van der Waals surface area contributed by atoms with Crippen molar-refractivity contribution >= 4 is 33.1 Å². The first kappa shape index (κ1) is 33.3. The maximum absolute atomic E-state index is 14.3. The Morgan fingerprint density at radius 2 is 1.25 bits per heavy atom. The van der Waals surface area contributed by atoms with E-state index in [1.165, 1.54) is 33.4 Å². The number of nitrogens with zero attached hydrogens (tertiary/aromatic N) is 1. The van der Waals surface area contributed by atoms with Crippen molar-refractivity contribution < 1.29 is 9.90 Å². The van der Waals surface area contributed by atoms with Crippen molar-refractivity contribution in [1.82, 2.24) is 0 Å². The number of aliphatic hydroxyl groups excluding tert-OH is 1. The van der Waals surface area contributed by atoms with E-state index in [2.05, 4.69) is 144 Å². The van der Waals surface area contributed by atoms with E-state index in [9.17, 15) is 9.90 Å². The lowest BCUT2D eigenvalue weighted by molar-refractivity contribution is 0.0881. The van der Waals surface area contributed by atoms with Crippen LogP contribution >= 0.6 is 0 Å². The summed E-state index contributed by atoms with van der Waals surface area (Å²) < 4.78 is 0. The maximum atomic E-state index is 14.3. The van der Waals surface area contributed by atoms with Crippen molar-refractivity contribution in [2.24, 2.45) is 0 Å². The molecule has 1 aliphatic carbocycles. The standard InChI is InChI=1S/C50H45NO2/c1-49(2,3)33-26-28-34(29-27-33)51-47(52)41-18-12-17-40-44(38-15-6-7-16-39(38)46(45(40)41)48(51)53)32-24-21-31(22-25-32)23-30-35-36-13-8-10-19-42(36)50(4,5)43-20-11-9-14-37(35)43/h6-22,24-29,35,48,53H,23,30H2,1-5H3. The minimum Gasteiger partial charge on any atom is -0.369 e. The number of anilines is 1. The number of amides is 1. The van der Waals surface area contributed by atoms with E-state index in [0.29, 0.717) is 17.2 Å². The lowest BCUT2D eigenvalue weighted by atomic mass is 9.64. The molecule has 3 heteroatoms. The second-order valence-electron chi connectivity index (χ2n) is 16.5. The third-order valence-electron chi connectivity index (χ3n) is 12.0. The van der Waals surface area contributed by atoms with Crippen LogP contribution in [0.25, 0.3) is 32.7 Å². The lowest BCUT2D eigenvalue weighted by Gasteiger charge is -2.39. The molecule has 262 valence electrons. The number of benzene rings is 7. The second kappa shape index (κ2) is 12.3. The molecule has 53 heavy (non-hydrogen) atoms. The number of fused-ring (bicyclic) bond motifs is 4. The Kier molecular flexibility index (Phi) is 7.73. The normalized spacial score (nSPS) is 16.5. The summed E-state index contributed by atoms with van der Waals surface area (Å²) in [6, 6.07) is 49.3. The average molecular weight is 692 g/mol. The molecule has 9 rings (SSSR count). The van der Waals surface area contributed by atoms with Crippen molar-refractivity contribution in [2.75, 3.05) is 4.90 Å². The number of aliphatic hydroxyl groups is 1. The summed E-state index contributed by atoms with van der Waals surface area (Å²) in [5, 5.41) is 15.9. The monoisotopic (exact) mass is 691 g/mol. The van der Waals surface area contributed by atoms with Gasteiger partial charge in [0.15, 0.2) is 6.23 Å². The lowest BCUT2D eigenvalue weighted by Crippen LogP contribution is -2.38. The highest BCUT2D eigenvalue weighted by Crippen LogP contribution is 2.49. The van der Waals surface area contributed by atoms with Gasteiger partial charge in [0.25, 0.3) is 5.91 Å². The van der Waals surface area contributed by atoms with E-state index in [0.717, 1.165) is 51.1 Å². The van der Waals surface area contributed by atoms with Crippen molar-refractivity contribution in [1.29, 1.82) is 0 Å². The molecule has 1 heterocycles. The van der Waals surface area contributed by atoms with E-state index in [4.69, 9.17) is 0 Å². The molecule has 1 aliphatic heterocycles. The summed E-state index contributed by atoms with van der Waals surface area (Å²) in [7, 11) is 0. The Hall–Kier alpha value is -5.51. The summed E-state index contributed by atoms with van der Waals surface area (Å²) in [6.07, 6.45) is 0.872. The Labute approximate surface area is 312 Å². The molecule has 0 saturated carbocycles. The predicted octanol–water partition coefficient (Wildman–Crippen LogP) is 12.0. The van der Waals surface area contributed by atoms with Gasteiger partial charge in [-0.05, 0) is 97.1 Å². The minimum absolute atomic E-state index is 0.0165. The zero-order valence-corrected chi connectivity index (χ0v) is 31.2. The summed E-state index contributed by atoms with van der Waals surface area (Å²) in [6.45, 7) is 11.2. The van der Waals surface area contributed by atoms with Crippen LogP contribution in [0.5, 0.6) is 0 Å². The van der Waals surface area contributed by atoms with E-state index in [-0.39, 0.29) is 16.7 Å². The van der Waals surface area contributed by atoms with Crippen LogP contribution in [0, 0.1) is 0 Å². The Morgan fingerprint density at radius 1 is 0.660 bits per heavy atom. The van der Waals surface area contributed by atoms with Crippen molar-refractivity contribution in [3.05, 3.63) is 184 Å². The van der Waals surface area contributed by atoms with Crippen LogP contribution < -0.4 is 4.90 Å². The van der Waals surface area contributed by atoms with Gasteiger partial charge in [0, 0.05) is 33.5 Å². The number of rotatable bonds is 5. The second-order valence-corrected chi connectivity index (χ2v) is 16.5. The van der Waals surface area contributed by atoms with Gasteiger partial charge in [-0.25, -0.2) is 0 Å². The molecule has 0 radical (unpaired) electrons. The van der Waals surface area contributed by atoms with Gasteiger partial charge in [0.2, 0.25) is 0 Å². The largest absolute Gasteiger partial charge is 0.369 e. The first-order valence-corrected chi connectivity index (χ1v) is 18.9. The molecule has 1 amide bonds. The third kappa shape index (κ3) is 5.24. The van der Waals surface area contributed by atoms with Gasteiger partial charge in [-0.2, -0.15) is 0 Å². The number of carbonyl (C=O) groups excluding carboxylic acids is 1. The van der Waals surface area contributed by atoms with Gasteiger partial charge in [0.1, 0.15) is 0 Å². The van der Waals surface area contributed by atoms with Gasteiger partial charge in [-0.1, -0.05) is 156 Å². The van der Waals surface area contributed by atoms with Gasteiger partial charge in [-0.15, -0.1) is 0 Å². The molecular weight excluding hydrogens is 647 g/mol.